The van der Waals surface area contributed by atoms with Crippen LogP contribution in [0.25, 0.3) is 0 Å². The van der Waals surface area contributed by atoms with Crippen molar-refractivity contribution < 1.29 is 8.76 Å². The molecule has 68 valence electrons. The van der Waals surface area contributed by atoms with Crippen LogP contribution in [0.1, 0.15) is 40.0 Å². The number of hydrogen-bond donors (Lipinski definition) is 0. The van der Waals surface area contributed by atoms with Crippen LogP contribution in [0.2, 0.25) is 0 Å². The Balaban J connectivity index is 3.97. The Bertz CT molecular complexity index is 125. The van der Waals surface area contributed by atoms with Gasteiger partial charge >= 0.3 is 0 Å². The molecule has 0 rings (SSSR count). The van der Waals surface area contributed by atoms with E-state index in [0.717, 1.165) is 19.3 Å². The van der Waals surface area contributed by atoms with Crippen LogP contribution in [-0.4, -0.2) is 14.0 Å². The van der Waals surface area contributed by atoms with Crippen molar-refractivity contribution in [1.82, 2.24) is 0 Å². The minimum absolute atomic E-state index is 0.134. The highest BCUT2D eigenvalue weighted by Crippen LogP contribution is 2.17. The van der Waals surface area contributed by atoms with Crippen LogP contribution in [0, 0.1) is 5.92 Å². The molecule has 3 atom stereocenters. The topological polar surface area (TPSA) is 40.1 Å². The molecule has 0 radical (unpaired) electrons. The molecule has 0 bridgehead atoms. The average molecular weight is 177 g/mol. The van der Waals surface area contributed by atoms with Gasteiger partial charge in [-0.25, -0.2) is 0 Å². The first-order chi connectivity index (χ1) is 5.13. The molecule has 2 nitrogen and oxygen atoms in total. The Morgan fingerprint density at radius 2 is 2.00 bits per heavy atom. The van der Waals surface area contributed by atoms with Crippen molar-refractivity contribution in [2.24, 2.45) is 5.92 Å². The summed E-state index contributed by atoms with van der Waals surface area (Å²) in [6.45, 7) is 6.04. The fraction of sp³-hybridized carbons (Fsp3) is 1.00. The van der Waals surface area contributed by atoms with E-state index in [2.05, 4.69) is 0 Å². The van der Waals surface area contributed by atoms with E-state index >= 15 is 0 Å². The summed E-state index contributed by atoms with van der Waals surface area (Å²) in [7, 11) is 0. The summed E-state index contributed by atoms with van der Waals surface area (Å²) >= 11 is -1.88. The van der Waals surface area contributed by atoms with E-state index in [9.17, 15) is 8.76 Å². The fourth-order valence-electron chi connectivity index (χ4n) is 1.12. The lowest BCUT2D eigenvalue weighted by Gasteiger charge is -2.24. The van der Waals surface area contributed by atoms with Gasteiger partial charge in [-0.15, -0.1) is 0 Å². The third-order valence-electron chi connectivity index (χ3n) is 2.10. The van der Waals surface area contributed by atoms with E-state index < -0.39 is 11.1 Å². The molecule has 0 heterocycles. The monoisotopic (exact) mass is 177 g/mol. The minimum Gasteiger partial charge on any atom is -0.772 e. The Hall–Kier alpha value is 0.110. The maximum atomic E-state index is 10.7. The number of hydrogen-bond acceptors (Lipinski definition) is 2. The van der Waals surface area contributed by atoms with Gasteiger partial charge in [0, 0.05) is 5.25 Å². The molecule has 0 saturated heterocycles. The Kier molecular flexibility index (Phi) is 5.78. The molecule has 3 heteroatoms. The van der Waals surface area contributed by atoms with Gasteiger partial charge in [0.05, 0.1) is 0 Å². The van der Waals surface area contributed by atoms with E-state index in [4.69, 9.17) is 0 Å². The zero-order valence-corrected chi connectivity index (χ0v) is 8.32. The van der Waals surface area contributed by atoms with Crippen LogP contribution in [0.4, 0.5) is 0 Å². The second-order valence-electron chi connectivity index (χ2n) is 2.97. The molecule has 0 aromatic heterocycles. The standard InChI is InChI=1S/C8H18O2S/c1-4-6-8(11(9)10)7(3)5-2/h7-8H,4-6H2,1-3H3,(H,9,10)/p-1. The summed E-state index contributed by atoms with van der Waals surface area (Å²) in [5.41, 5.74) is 0. The van der Waals surface area contributed by atoms with Gasteiger partial charge in [-0.3, -0.25) is 4.21 Å². The smallest absolute Gasteiger partial charge is 0.0241 e. The lowest BCUT2D eigenvalue weighted by atomic mass is 10.0. The van der Waals surface area contributed by atoms with Crippen molar-refractivity contribution in [1.29, 1.82) is 0 Å². The van der Waals surface area contributed by atoms with Crippen LogP contribution in [0.15, 0.2) is 0 Å². The molecule has 0 aliphatic heterocycles. The molecule has 3 unspecified atom stereocenters. The summed E-state index contributed by atoms with van der Waals surface area (Å²) in [5.74, 6) is 0.299. The highest BCUT2D eigenvalue weighted by Gasteiger charge is 2.14. The third kappa shape index (κ3) is 3.87. The molecule has 0 aliphatic carbocycles. The molecule has 0 spiro atoms. The van der Waals surface area contributed by atoms with Crippen molar-refractivity contribution in [2.75, 3.05) is 0 Å². The second kappa shape index (κ2) is 5.72. The minimum atomic E-state index is -1.88. The molecule has 0 amide bonds. The van der Waals surface area contributed by atoms with Gasteiger partial charge in [-0.2, -0.15) is 0 Å². The SMILES string of the molecule is CCCC(C(C)CC)S(=O)[O-]. The second-order valence-corrected chi connectivity index (χ2v) is 4.10. The average Bonchev–Trinajstić information content (AvgIpc) is 1.98. The highest BCUT2D eigenvalue weighted by atomic mass is 32.2. The summed E-state index contributed by atoms with van der Waals surface area (Å²) in [4.78, 5) is 0. The quantitative estimate of drug-likeness (QED) is 0.603. The predicted molar refractivity (Wildman–Crippen MR) is 47.1 cm³/mol. The summed E-state index contributed by atoms with van der Waals surface area (Å²) in [6.07, 6.45) is 2.69. The maximum Gasteiger partial charge on any atom is 0.0241 e. The normalized spacial score (nSPS) is 19.3. The summed E-state index contributed by atoms with van der Waals surface area (Å²) in [5, 5.41) is -0.134. The lowest BCUT2D eigenvalue weighted by Crippen LogP contribution is -2.22. The van der Waals surface area contributed by atoms with E-state index in [1.807, 2.05) is 20.8 Å². The largest absolute Gasteiger partial charge is 0.772 e. The van der Waals surface area contributed by atoms with Gasteiger partial charge in [-0.1, -0.05) is 44.7 Å². The first kappa shape index (κ1) is 11.1. The molecule has 0 saturated carbocycles. The van der Waals surface area contributed by atoms with Gasteiger partial charge < -0.3 is 4.55 Å². The predicted octanol–water partition coefficient (Wildman–Crippen LogP) is 2.08. The molecule has 0 N–H and O–H groups in total. The molecule has 11 heavy (non-hydrogen) atoms. The third-order valence-corrected chi connectivity index (χ3v) is 3.29. The first-order valence-electron chi connectivity index (χ1n) is 4.21. The van der Waals surface area contributed by atoms with Crippen LogP contribution < -0.4 is 0 Å². The van der Waals surface area contributed by atoms with Gasteiger partial charge in [0.25, 0.3) is 0 Å². The molecule has 0 fully saturated rings. The zero-order valence-electron chi connectivity index (χ0n) is 7.50. The van der Waals surface area contributed by atoms with Crippen molar-refractivity contribution in [3.63, 3.8) is 0 Å². The van der Waals surface area contributed by atoms with E-state index in [-0.39, 0.29) is 5.25 Å². The van der Waals surface area contributed by atoms with Crippen molar-refractivity contribution in [2.45, 2.75) is 45.3 Å². The Labute approximate surface area is 71.7 Å². The zero-order chi connectivity index (χ0) is 8.85. The highest BCUT2D eigenvalue weighted by molar-refractivity contribution is 7.79. The fourth-order valence-corrected chi connectivity index (χ4v) is 2.12. The molecule has 0 aromatic carbocycles. The van der Waals surface area contributed by atoms with E-state index in [0.29, 0.717) is 5.92 Å². The summed E-state index contributed by atoms with van der Waals surface area (Å²) < 4.78 is 21.4. The van der Waals surface area contributed by atoms with Crippen LogP contribution in [0.3, 0.4) is 0 Å². The van der Waals surface area contributed by atoms with Crippen molar-refractivity contribution in [3.05, 3.63) is 0 Å². The molecular formula is C8H17O2S-. The first-order valence-corrected chi connectivity index (χ1v) is 5.35. The van der Waals surface area contributed by atoms with Crippen molar-refractivity contribution in [3.8, 4) is 0 Å². The van der Waals surface area contributed by atoms with Gasteiger partial charge in [0.2, 0.25) is 0 Å². The number of rotatable bonds is 5. The van der Waals surface area contributed by atoms with Gasteiger partial charge in [0.15, 0.2) is 0 Å². The van der Waals surface area contributed by atoms with Crippen LogP contribution >= 0.6 is 0 Å². The van der Waals surface area contributed by atoms with E-state index in [1.54, 1.807) is 0 Å². The Morgan fingerprint density at radius 3 is 2.27 bits per heavy atom. The maximum absolute atomic E-state index is 10.7. The van der Waals surface area contributed by atoms with Gasteiger partial charge in [-0.05, 0) is 12.3 Å². The molecule has 0 aromatic rings. The van der Waals surface area contributed by atoms with Crippen molar-refractivity contribution >= 4 is 11.1 Å². The van der Waals surface area contributed by atoms with E-state index in [1.165, 1.54) is 0 Å². The summed E-state index contributed by atoms with van der Waals surface area (Å²) in [6, 6.07) is 0. The Morgan fingerprint density at radius 1 is 1.45 bits per heavy atom. The van der Waals surface area contributed by atoms with Crippen LogP contribution in [0.5, 0.6) is 0 Å². The molecule has 0 aliphatic rings. The van der Waals surface area contributed by atoms with Gasteiger partial charge in [0.1, 0.15) is 0 Å². The lowest BCUT2D eigenvalue weighted by molar-refractivity contribution is 0.448. The molecular weight excluding hydrogens is 160 g/mol. The van der Waals surface area contributed by atoms with Crippen LogP contribution in [-0.2, 0) is 11.1 Å².